The smallest absolute Gasteiger partial charge is 0.225 e. The van der Waals surface area contributed by atoms with Gasteiger partial charge in [0.1, 0.15) is 0 Å². The molecule has 0 atom stereocenters. The molecule has 8 amide bonds. The van der Waals surface area contributed by atoms with Gasteiger partial charge in [-0.1, -0.05) is 166 Å². The van der Waals surface area contributed by atoms with E-state index in [9.17, 15) is 38.4 Å². The van der Waals surface area contributed by atoms with Gasteiger partial charge in [-0.05, 0) is 258 Å². The van der Waals surface area contributed by atoms with Crippen molar-refractivity contribution < 1.29 is 38.4 Å². The van der Waals surface area contributed by atoms with Crippen LogP contribution in [0.2, 0.25) is 0 Å². The summed E-state index contributed by atoms with van der Waals surface area (Å²) in [5.74, 6) is 12.6. The van der Waals surface area contributed by atoms with Crippen LogP contribution < -0.4 is 0 Å². The van der Waals surface area contributed by atoms with Gasteiger partial charge in [0.25, 0.3) is 0 Å². The van der Waals surface area contributed by atoms with Crippen LogP contribution in [0.4, 0.5) is 0 Å². The Kier molecular flexibility index (Phi) is 56.3. The van der Waals surface area contributed by atoms with Crippen molar-refractivity contribution in [3.8, 4) is 0 Å². The molecule has 0 spiro atoms. The predicted octanol–water partition coefficient (Wildman–Crippen LogP) is 13.9. The highest BCUT2D eigenvalue weighted by Gasteiger charge is 2.38. The number of hydrogen-bond acceptors (Lipinski definition) is 18. The molecule has 12 aliphatic heterocycles. The summed E-state index contributed by atoms with van der Waals surface area (Å²) in [5.41, 5.74) is 0. The van der Waals surface area contributed by atoms with E-state index in [4.69, 9.17) is 0 Å². The first-order valence-corrected chi connectivity index (χ1v) is 57.5. The van der Waals surface area contributed by atoms with Crippen LogP contribution in [0.1, 0.15) is 275 Å². The maximum atomic E-state index is 12.7. The predicted molar refractivity (Wildman–Crippen MR) is 575 cm³/mol. The van der Waals surface area contributed by atoms with Crippen molar-refractivity contribution in [1.82, 2.24) is 88.2 Å². The van der Waals surface area contributed by atoms with E-state index in [1.165, 1.54) is 111 Å². The largest absolute Gasteiger partial charge is 0.340 e. The average molecular weight is 1960 g/mol. The van der Waals surface area contributed by atoms with Crippen LogP contribution in [-0.4, -0.2) is 437 Å². The van der Waals surface area contributed by atoms with Crippen LogP contribution in [0, 0.1) is 107 Å². The summed E-state index contributed by atoms with van der Waals surface area (Å²) in [5, 5.41) is 0. The molecule has 0 N–H and O–H groups in total. The first kappa shape index (κ1) is 121. The average Bonchev–Trinajstić information content (AvgIpc) is 0.826. The molecule has 12 saturated heterocycles. The number of likely N-dealkylation sites (tertiary alicyclic amines) is 6. The second-order valence-electron chi connectivity index (χ2n) is 49.4. The first-order chi connectivity index (χ1) is 66.0. The summed E-state index contributed by atoms with van der Waals surface area (Å²) in [6, 6.07) is 0. The van der Waals surface area contributed by atoms with Crippen molar-refractivity contribution in [1.29, 1.82) is 0 Å². The fraction of sp³-hybridized carbons (Fsp3) is 0.929. The maximum Gasteiger partial charge on any atom is 0.225 e. The minimum absolute atomic E-state index is 0.0440. The van der Waals surface area contributed by atoms with Crippen molar-refractivity contribution in [2.45, 2.75) is 275 Å². The molecule has 12 aliphatic rings. The molecule has 0 aromatic heterocycles. The van der Waals surface area contributed by atoms with E-state index in [2.05, 4.69) is 207 Å². The van der Waals surface area contributed by atoms with Crippen LogP contribution >= 0.6 is 0 Å². The molecule has 0 unspecified atom stereocenters. The fourth-order valence-electron chi connectivity index (χ4n) is 22.9. The molecule has 0 aromatic carbocycles. The highest BCUT2D eigenvalue weighted by Crippen LogP contribution is 2.30. The van der Waals surface area contributed by atoms with Gasteiger partial charge < -0.3 is 68.6 Å². The van der Waals surface area contributed by atoms with E-state index in [0.29, 0.717) is 130 Å². The van der Waals surface area contributed by atoms with Gasteiger partial charge in [-0.15, -0.1) is 0 Å². The zero-order chi connectivity index (χ0) is 102. The first-order valence-electron chi connectivity index (χ1n) is 57.5. The normalized spacial score (nSPS) is 21.9. The van der Waals surface area contributed by atoms with Crippen LogP contribution in [0.5, 0.6) is 0 Å². The van der Waals surface area contributed by atoms with E-state index in [0.717, 1.165) is 276 Å². The molecule has 26 heteroatoms. The highest BCUT2D eigenvalue weighted by atomic mass is 16.2. The van der Waals surface area contributed by atoms with Gasteiger partial charge >= 0.3 is 0 Å². The SMILES string of the molecule is CC(C)CCN1CCN(C(=O)C2CCN(CC(C)C)CC2)CC1.CC(C)CCN1CCN(C(=O)CC2CCN(CC(C)C)CC2)CC1.CC(C)CN1CCC(C(=O)N2CCN(C(=O)C(C)C)CC2)CC1.CC(C)CN1CCC(C(=O)N2CCN(CC(C)C)CC2)CC1.CC(C)CN1CCC(CC(=O)N2CCN(C(=O)C(C)C)CC2)CC1.CC(C)CN1CCC(CC(=O)N2CCN(CC(C)C)CC2)CC1. The number of carbonyl (C=O) groups excluding carboxylic acids is 8. The summed E-state index contributed by atoms with van der Waals surface area (Å²) < 4.78 is 0. The van der Waals surface area contributed by atoms with Crippen LogP contribution in [0.25, 0.3) is 0 Å². The van der Waals surface area contributed by atoms with Crippen molar-refractivity contribution >= 4 is 47.3 Å². The number of piperidine rings is 6. The van der Waals surface area contributed by atoms with Gasteiger partial charge in [-0.3, -0.25) is 58.0 Å². The Balaban J connectivity index is 0.000000227. The number of carbonyl (C=O) groups is 8. The molecule has 806 valence electrons. The van der Waals surface area contributed by atoms with Crippen molar-refractivity contribution in [3.05, 3.63) is 0 Å². The van der Waals surface area contributed by atoms with Crippen LogP contribution in [-0.2, 0) is 38.4 Å². The quantitative estimate of drug-likeness (QED) is 0.0601. The second-order valence-corrected chi connectivity index (χ2v) is 49.4. The van der Waals surface area contributed by atoms with E-state index < -0.39 is 0 Å². The monoisotopic (exact) mass is 1950 g/mol. The maximum absolute atomic E-state index is 12.7. The lowest BCUT2D eigenvalue weighted by atomic mass is 9.92. The Bertz CT molecular complexity index is 3340. The molecule has 139 heavy (non-hydrogen) atoms. The zero-order valence-corrected chi connectivity index (χ0v) is 94.3. The molecular weight excluding hydrogens is 1740 g/mol. The van der Waals surface area contributed by atoms with Crippen molar-refractivity contribution in [2.75, 3.05) is 301 Å². The molecule has 0 radical (unpaired) electrons. The Morgan fingerprint density at radius 2 is 0.338 bits per heavy atom. The third-order valence-electron chi connectivity index (χ3n) is 31.0. The Hall–Kier alpha value is -4.64. The summed E-state index contributed by atoms with van der Waals surface area (Å²) in [6.07, 6.45) is 18.0. The zero-order valence-electron chi connectivity index (χ0n) is 94.3. The summed E-state index contributed by atoms with van der Waals surface area (Å²) in [4.78, 5) is 141. The molecule has 0 saturated carbocycles. The number of rotatable bonds is 33. The number of amides is 8. The standard InChI is InChI=1S/C20H39N3O.C19H35N3O2.2C19H37N3O.C18H33N3O2.C18H35N3O/c1-17(2)5-8-21-11-13-23(14-12-21)20(24)15-19-6-9-22(10-7-19)16-18(3)4;1-15(2)14-20-7-5-17(6-8-20)13-18(23)21-9-11-22(12-10-21)19(24)16(3)4;1-16(2)5-8-20-11-13-22(14-12-20)19(23)18-6-9-21(10-7-18)15-17(3)4;1-16(2)14-20-7-5-18(6-8-20)13-19(23)22-11-9-21(10-12-22)15-17(3)4;1-14(2)13-19-7-5-16(6-8-19)18(23)21-11-9-20(10-12-21)17(22)15(3)4;1-15(2)13-19-7-5-17(6-8-19)18(22)21-11-9-20(10-12-21)14-16(3)4/h17-19H,5-16H2,1-4H3;15-17H,5-14H2,1-4H3;2*16-18H,5-15H2,1-4H3;14-16H,5-13H2,1-4H3;15-17H,5-14H2,1-4H3. The second kappa shape index (κ2) is 64.5. The van der Waals surface area contributed by atoms with Crippen LogP contribution in [0.15, 0.2) is 0 Å². The minimum Gasteiger partial charge on any atom is -0.340 e. The van der Waals surface area contributed by atoms with Gasteiger partial charge in [-0.2, -0.15) is 0 Å². The lowest BCUT2D eigenvalue weighted by Crippen LogP contribution is -2.53. The lowest BCUT2D eigenvalue weighted by molar-refractivity contribution is -0.144. The summed E-state index contributed by atoms with van der Waals surface area (Å²) >= 11 is 0. The van der Waals surface area contributed by atoms with E-state index in [-0.39, 0.29) is 47.3 Å². The summed E-state index contributed by atoms with van der Waals surface area (Å²) in [7, 11) is 0. The number of nitrogens with zero attached hydrogens (tertiary/aromatic N) is 18. The molecule has 0 bridgehead atoms. The highest BCUT2D eigenvalue weighted by molar-refractivity contribution is 5.82. The van der Waals surface area contributed by atoms with Gasteiger partial charge in [0, 0.05) is 258 Å². The molecular formula is C113H216N18O8. The lowest BCUT2D eigenvalue weighted by Gasteiger charge is -2.39. The Morgan fingerprint density at radius 1 is 0.180 bits per heavy atom. The van der Waals surface area contributed by atoms with E-state index >= 15 is 0 Å². The molecule has 0 aliphatic carbocycles. The third kappa shape index (κ3) is 47.0. The number of hydrogen-bond donors (Lipinski definition) is 0. The summed E-state index contributed by atoms with van der Waals surface area (Å²) in [6.45, 7) is 99.9. The molecule has 12 rings (SSSR count). The fourth-order valence-corrected chi connectivity index (χ4v) is 22.9. The minimum atomic E-state index is 0.0440. The van der Waals surface area contributed by atoms with Crippen LogP contribution in [0.3, 0.4) is 0 Å². The van der Waals surface area contributed by atoms with Gasteiger partial charge in [0.05, 0.1) is 0 Å². The van der Waals surface area contributed by atoms with Crippen molar-refractivity contribution in [3.63, 3.8) is 0 Å². The van der Waals surface area contributed by atoms with Crippen molar-refractivity contribution in [2.24, 2.45) is 107 Å². The van der Waals surface area contributed by atoms with Gasteiger partial charge in [0.2, 0.25) is 47.3 Å². The topological polar surface area (TPSA) is 195 Å². The molecule has 12 heterocycles. The Labute approximate surface area is 852 Å². The van der Waals surface area contributed by atoms with Gasteiger partial charge in [0.15, 0.2) is 0 Å². The van der Waals surface area contributed by atoms with E-state index in [1.807, 2.05) is 47.3 Å². The molecule has 12 fully saturated rings. The number of piperazine rings is 6. The molecule has 26 nitrogen and oxygen atoms in total. The molecule has 0 aromatic rings. The van der Waals surface area contributed by atoms with Gasteiger partial charge in [-0.25, -0.2) is 0 Å². The third-order valence-corrected chi connectivity index (χ3v) is 31.0. The van der Waals surface area contributed by atoms with E-state index in [1.54, 1.807) is 0 Å². The Morgan fingerprint density at radius 3 is 0.525 bits per heavy atom.